The number of rotatable bonds is 2. The quantitative estimate of drug-likeness (QED) is 0.735. The highest BCUT2D eigenvalue weighted by molar-refractivity contribution is 7.92. The Morgan fingerprint density at radius 2 is 1.89 bits per heavy atom. The molecule has 1 spiro atoms. The van der Waals surface area contributed by atoms with Crippen molar-refractivity contribution in [2.45, 2.75) is 43.4 Å². The number of amides is 1. The third kappa shape index (κ3) is 2.11. The number of carbonyl (C=O) groups is 2. The molecule has 1 saturated heterocycles. The number of carboxylic acids is 1. The predicted octanol–water partition coefficient (Wildman–Crippen LogP) is -0.0669. The SMILES string of the molecule is CC(=O)NC1CCS(=O)(=O)C2(C1)CC(C(=O)O)C2. The van der Waals surface area contributed by atoms with E-state index in [1.54, 1.807) is 0 Å². The molecule has 2 fully saturated rings. The Morgan fingerprint density at radius 3 is 2.39 bits per heavy atom. The molecule has 2 rings (SSSR count). The van der Waals surface area contributed by atoms with Crippen LogP contribution in [0.3, 0.4) is 0 Å². The van der Waals surface area contributed by atoms with E-state index in [0.717, 1.165) is 0 Å². The fourth-order valence-corrected chi connectivity index (χ4v) is 5.43. The first-order chi connectivity index (χ1) is 8.26. The van der Waals surface area contributed by atoms with Crippen LogP contribution >= 0.6 is 0 Å². The molecule has 7 heteroatoms. The molecule has 0 aromatic rings. The van der Waals surface area contributed by atoms with Crippen LogP contribution in [0, 0.1) is 5.92 Å². The molecule has 1 aliphatic carbocycles. The van der Waals surface area contributed by atoms with Crippen molar-refractivity contribution >= 4 is 21.7 Å². The summed E-state index contributed by atoms with van der Waals surface area (Å²) in [5.74, 6) is -1.64. The van der Waals surface area contributed by atoms with Gasteiger partial charge in [-0.05, 0) is 25.7 Å². The molecular formula is C11H17NO5S. The largest absolute Gasteiger partial charge is 0.481 e. The highest BCUT2D eigenvalue weighted by Crippen LogP contribution is 2.50. The number of nitrogens with one attached hydrogen (secondary N) is 1. The molecule has 1 unspecified atom stereocenters. The summed E-state index contributed by atoms with van der Waals surface area (Å²) in [5, 5.41) is 11.6. The fourth-order valence-electron chi connectivity index (χ4n) is 3.04. The van der Waals surface area contributed by atoms with Gasteiger partial charge in [0.25, 0.3) is 0 Å². The summed E-state index contributed by atoms with van der Waals surface area (Å²) in [6, 6.07) is -0.152. The van der Waals surface area contributed by atoms with Crippen molar-refractivity contribution in [3.8, 4) is 0 Å². The summed E-state index contributed by atoms with van der Waals surface area (Å²) in [7, 11) is -3.24. The first kappa shape index (κ1) is 13.3. The molecule has 102 valence electrons. The van der Waals surface area contributed by atoms with Crippen LogP contribution in [0.5, 0.6) is 0 Å². The van der Waals surface area contributed by atoms with Gasteiger partial charge in [-0.25, -0.2) is 8.42 Å². The number of carboxylic acid groups (broad SMARTS) is 1. The maximum absolute atomic E-state index is 12.1. The third-order valence-corrected chi connectivity index (χ3v) is 6.60. The van der Waals surface area contributed by atoms with E-state index in [4.69, 9.17) is 5.11 Å². The van der Waals surface area contributed by atoms with Gasteiger partial charge in [-0.15, -0.1) is 0 Å². The minimum Gasteiger partial charge on any atom is -0.481 e. The van der Waals surface area contributed by atoms with Crippen LogP contribution < -0.4 is 5.32 Å². The second-order valence-electron chi connectivity index (χ2n) is 5.34. The number of aliphatic carboxylic acids is 1. The monoisotopic (exact) mass is 275 g/mol. The van der Waals surface area contributed by atoms with E-state index in [9.17, 15) is 18.0 Å². The van der Waals surface area contributed by atoms with Gasteiger partial charge in [0.05, 0.1) is 16.4 Å². The molecule has 1 aliphatic heterocycles. The van der Waals surface area contributed by atoms with Crippen molar-refractivity contribution in [1.29, 1.82) is 0 Å². The van der Waals surface area contributed by atoms with Gasteiger partial charge in [0.15, 0.2) is 9.84 Å². The van der Waals surface area contributed by atoms with E-state index >= 15 is 0 Å². The Labute approximate surface area is 106 Å². The van der Waals surface area contributed by atoms with Crippen molar-refractivity contribution in [3.05, 3.63) is 0 Å². The first-order valence-electron chi connectivity index (χ1n) is 5.98. The van der Waals surface area contributed by atoms with Gasteiger partial charge in [0, 0.05) is 13.0 Å². The molecule has 2 N–H and O–H groups in total. The van der Waals surface area contributed by atoms with Gasteiger partial charge in [-0.2, -0.15) is 0 Å². The minimum atomic E-state index is -3.24. The summed E-state index contributed by atoms with van der Waals surface area (Å²) in [6.07, 6.45) is 1.13. The molecule has 1 atom stereocenters. The van der Waals surface area contributed by atoms with Gasteiger partial charge in [0.2, 0.25) is 5.91 Å². The Balaban J connectivity index is 2.12. The van der Waals surface area contributed by atoms with Crippen LogP contribution in [0.25, 0.3) is 0 Å². The van der Waals surface area contributed by atoms with Crippen molar-refractivity contribution in [2.24, 2.45) is 5.92 Å². The molecule has 1 amide bonds. The zero-order valence-electron chi connectivity index (χ0n) is 10.2. The van der Waals surface area contributed by atoms with Crippen LogP contribution in [-0.2, 0) is 19.4 Å². The lowest BCUT2D eigenvalue weighted by Gasteiger charge is -2.49. The molecule has 0 aromatic heterocycles. The Morgan fingerprint density at radius 1 is 1.28 bits per heavy atom. The fraction of sp³-hybridized carbons (Fsp3) is 0.818. The second kappa shape index (κ2) is 4.22. The number of sulfone groups is 1. The molecule has 1 saturated carbocycles. The number of hydrogen-bond donors (Lipinski definition) is 2. The van der Waals surface area contributed by atoms with Gasteiger partial charge in [-0.1, -0.05) is 0 Å². The Hall–Kier alpha value is -1.11. The average Bonchev–Trinajstić information content (AvgIpc) is 2.16. The lowest BCUT2D eigenvalue weighted by Crippen LogP contribution is -2.59. The zero-order valence-corrected chi connectivity index (χ0v) is 11.0. The highest BCUT2D eigenvalue weighted by Gasteiger charge is 2.58. The van der Waals surface area contributed by atoms with Crippen molar-refractivity contribution in [1.82, 2.24) is 5.32 Å². The van der Waals surface area contributed by atoms with E-state index in [-0.39, 0.29) is 30.5 Å². The molecule has 6 nitrogen and oxygen atoms in total. The average molecular weight is 275 g/mol. The summed E-state index contributed by atoms with van der Waals surface area (Å²) in [5.41, 5.74) is 0. The highest BCUT2D eigenvalue weighted by atomic mass is 32.2. The molecule has 0 bridgehead atoms. The van der Waals surface area contributed by atoms with E-state index in [0.29, 0.717) is 12.8 Å². The van der Waals surface area contributed by atoms with Crippen LogP contribution in [0.4, 0.5) is 0 Å². The lowest BCUT2D eigenvalue weighted by molar-refractivity contribution is -0.146. The summed E-state index contributed by atoms with van der Waals surface area (Å²) < 4.78 is 23.2. The predicted molar refractivity (Wildman–Crippen MR) is 63.7 cm³/mol. The van der Waals surface area contributed by atoms with Crippen LogP contribution in [0.2, 0.25) is 0 Å². The van der Waals surface area contributed by atoms with Gasteiger partial charge >= 0.3 is 5.97 Å². The summed E-state index contributed by atoms with van der Waals surface area (Å²) in [4.78, 5) is 21.8. The van der Waals surface area contributed by atoms with Crippen LogP contribution in [0.15, 0.2) is 0 Å². The maximum atomic E-state index is 12.1. The third-order valence-electron chi connectivity index (χ3n) is 4.01. The van der Waals surface area contributed by atoms with Crippen molar-refractivity contribution in [3.63, 3.8) is 0 Å². The van der Waals surface area contributed by atoms with Crippen LogP contribution in [-0.4, -0.2) is 41.9 Å². The second-order valence-corrected chi connectivity index (χ2v) is 7.84. The molecule has 2 aliphatic rings. The van der Waals surface area contributed by atoms with Gasteiger partial charge in [-0.3, -0.25) is 9.59 Å². The van der Waals surface area contributed by atoms with Gasteiger partial charge < -0.3 is 10.4 Å². The van der Waals surface area contributed by atoms with Crippen molar-refractivity contribution < 1.29 is 23.1 Å². The normalized spacial score (nSPS) is 37.8. The minimum absolute atomic E-state index is 0.0320. The Kier molecular flexibility index (Phi) is 3.12. The lowest BCUT2D eigenvalue weighted by atomic mass is 9.70. The molecule has 1 heterocycles. The van der Waals surface area contributed by atoms with E-state index in [2.05, 4.69) is 5.32 Å². The van der Waals surface area contributed by atoms with E-state index in [1.807, 2.05) is 0 Å². The number of hydrogen-bond acceptors (Lipinski definition) is 4. The van der Waals surface area contributed by atoms with E-state index in [1.165, 1.54) is 6.92 Å². The molecule has 0 radical (unpaired) electrons. The molecular weight excluding hydrogens is 258 g/mol. The number of carbonyl (C=O) groups excluding carboxylic acids is 1. The van der Waals surface area contributed by atoms with Crippen LogP contribution in [0.1, 0.15) is 32.6 Å². The zero-order chi connectivity index (χ0) is 13.6. The Bertz CT molecular complexity index is 478. The van der Waals surface area contributed by atoms with Gasteiger partial charge in [0.1, 0.15) is 0 Å². The smallest absolute Gasteiger partial charge is 0.306 e. The molecule has 18 heavy (non-hydrogen) atoms. The topological polar surface area (TPSA) is 101 Å². The summed E-state index contributed by atoms with van der Waals surface area (Å²) >= 11 is 0. The first-order valence-corrected chi connectivity index (χ1v) is 7.63. The maximum Gasteiger partial charge on any atom is 0.306 e. The standard InChI is InChI=1S/C11H17NO5S/c1-7(13)12-9-2-3-18(16,17)11(6-9)4-8(5-11)10(14)15/h8-9H,2-6H2,1H3,(H,12,13)(H,14,15). The van der Waals surface area contributed by atoms with E-state index < -0.39 is 26.5 Å². The summed E-state index contributed by atoms with van der Waals surface area (Å²) in [6.45, 7) is 1.40. The molecule has 0 aromatic carbocycles. The van der Waals surface area contributed by atoms with Crippen molar-refractivity contribution in [2.75, 3.05) is 5.75 Å².